The Hall–Kier alpha value is -2.09. The highest BCUT2D eigenvalue weighted by molar-refractivity contribution is 5.92. The molecule has 8 heteroatoms. The van der Waals surface area contributed by atoms with Gasteiger partial charge in [0.2, 0.25) is 0 Å². The molecule has 138 valence electrons. The summed E-state index contributed by atoms with van der Waals surface area (Å²) < 4.78 is 6.96. The van der Waals surface area contributed by atoms with Gasteiger partial charge in [0.1, 0.15) is 5.69 Å². The Morgan fingerprint density at radius 1 is 1.28 bits per heavy atom. The maximum absolute atomic E-state index is 12.5. The maximum atomic E-state index is 12.5. The summed E-state index contributed by atoms with van der Waals surface area (Å²) in [6, 6.07) is 1.97. The summed E-state index contributed by atoms with van der Waals surface area (Å²) in [6.07, 6.45) is 2.24. The molecule has 25 heavy (non-hydrogen) atoms. The lowest BCUT2D eigenvalue weighted by Gasteiger charge is -2.31. The first kappa shape index (κ1) is 17.7. The molecule has 0 radical (unpaired) electrons. The maximum Gasteiger partial charge on any atom is 0.409 e. The number of hydrogen-bond donors (Lipinski definition) is 1. The third kappa shape index (κ3) is 4.31. The van der Waals surface area contributed by atoms with Crippen LogP contribution in [0.2, 0.25) is 0 Å². The Morgan fingerprint density at radius 3 is 2.76 bits per heavy atom. The molecular formula is C17H27N5O3. The molecule has 2 aliphatic heterocycles. The fourth-order valence-corrected chi connectivity index (χ4v) is 3.41. The monoisotopic (exact) mass is 349 g/mol. The van der Waals surface area contributed by atoms with Crippen LogP contribution < -0.4 is 5.32 Å². The van der Waals surface area contributed by atoms with Crippen molar-refractivity contribution >= 4 is 12.0 Å². The Balaban J connectivity index is 1.53. The van der Waals surface area contributed by atoms with Crippen LogP contribution in [-0.4, -0.2) is 70.9 Å². The zero-order chi connectivity index (χ0) is 17.8. The van der Waals surface area contributed by atoms with Crippen molar-refractivity contribution in [1.82, 2.24) is 24.9 Å². The van der Waals surface area contributed by atoms with Gasteiger partial charge < -0.3 is 19.9 Å². The number of carbonyl (C=O) groups excluding carboxylic acids is 2. The lowest BCUT2D eigenvalue weighted by atomic mass is 10.1. The van der Waals surface area contributed by atoms with E-state index in [4.69, 9.17) is 4.74 Å². The average molecular weight is 349 g/mol. The van der Waals surface area contributed by atoms with Crippen LogP contribution in [0.3, 0.4) is 0 Å². The number of aromatic nitrogens is 2. The Bertz CT molecular complexity index is 622. The summed E-state index contributed by atoms with van der Waals surface area (Å²) in [4.78, 5) is 28.2. The van der Waals surface area contributed by atoms with E-state index in [0.29, 0.717) is 25.4 Å². The average Bonchev–Trinajstić information content (AvgIpc) is 2.90. The van der Waals surface area contributed by atoms with E-state index < -0.39 is 0 Å². The summed E-state index contributed by atoms with van der Waals surface area (Å²) >= 11 is 0. The Morgan fingerprint density at radius 2 is 2.04 bits per heavy atom. The van der Waals surface area contributed by atoms with Crippen molar-refractivity contribution in [3.63, 3.8) is 0 Å². The third-order valence-corrected chi connectivity index (χ3v) is 4.79. The summed E-state index contributed by atoms with van der Waals surface area (Å²) in [5.74, 6) is -0.127. The van der Waals surface area contributed by atoms with Crippen LogP contribution in [-0.2, 0) is 17.8 Å². The normalized spacial score (nSPS) is 19.2. The first-order valence-corrected chi connectivity index (χ1v) is 9.04. The molecule has 2 aliphatic rings. The number of carbonyl (C=O) groups is 2. The van der Waals surface area contributed by atoms with Crippen molar-refractivity contribution in [2.45, 2.75) is 45.3 Å². The molecule has 1 N–H and O–H groups in total. The molecule has 0 atom stereocenters. The van der Waals surface area contributed by atoms with Gasteiger partial charge in [-0.3, -0.25) is 9.48 Å². The highest BCUT2D eigenvalue weighted by Crippen LogP contribution is 2.15. The van der Waals surface area contributed by atoms with Crippen LogP contribution in [0.1, 0.15) is 42.4 Å². The lowest BCUT2D eigenvalue weighted by Crippen LogP contribution is -2.46. The minimum absolute atomic E-state index is 0.0716. The molecule has 1 fully saturated rings. The lowest BCUT2D eigenvalue weighted by molar-refractivity contribution is 0.0856. The predicted molar refractivity (Wildman–Crippen MR) is 92.3 cm³/mol. The molecule has 0 bridgehead atoms. The van der Waals surface area contributed by atoms with Gasteiger partial charge in [-0.2, -0.15) is 5.10 Å². The zero-order valence-electron chi connectivity index (χ0n) is 15.0. The van der Waals surface area contributed by atoms with E-state index in [1.807, 2.05) is 10.7 Å². The minimum atomic E-state index is -0.269. The van der Waals surface area contributed by atoms with Gasteiger partial charge in [0, 0.05) is 38.8 Å². The van der Waals surface area contributed by atoms with E-state index in [-0.39, 0.29) is 18.0 Å². The minimum Gasteiger partial charge on any atom is -0.450 e. The topological polar surface area (TPSA) is 79.7 Å². The summed E-state index contributed by atoms with van der Waals surface area (Å²) in [7, 11) is 2.08. The first-order valence-electron chi connectivity index (χ1n) is 9.04. The van der Waals surface area contributed by atoms with E-state index in [1.165, 1.54) is 0 Å². The van der Waals surface area contributed by atoms with Gasteiger partial charge in [-0.05, 0) is 39.3 Å². The van der Waals surface area contributed by atoms with Gasteiger partial charge in [-0.25, -0.2) is 4.79 Å². The van der Waals surface area contributed by atoms with Crippen molar-refractivity contribution in [2.24, 2.45) is 0 Å². The van der Waals surface area contributed by atoms with Crippen LogP contribution in [0, 0.1) is 0 Å². The number of nitrogens with one attached hydrogen (secondary N) is 1. The van der Waals surface area contributed by atoms with Gasteiger partial charge in [0.15, 0.2) is 0 Å². The summed E-state index contributed by atoms with van der Waals surface area (Å²) in [5.41, 5.74) is 1.57. The number of hydrogen-bond acceptors (Lipinski definition) is 5. The number of ether oxygens (including phenoxy) is 1. The van der Waals surface area contributed by atoms with Crippen LogP contribution in [0.25, 0.3) is 0 Å². The quantitative estimate of drug-likeness (QED) is 0.883. The molecule has 8 nitrogen and oxygen atoms in total. The Labute approximate surface area is 148 Å². The Kier molecular flexibility index (Phi) is 5.57. The van der Waals surface area contributed by atoms with Crippen LogP contribution in [0.4, 0.5) is 4.79 Å². The van der Waals surface area contributed by atoms with Crippen LogP contribution >= 0.6 is 0 Å². The van der Waals surface area contributed by atoms with Crippen molar-refractivity contribution in [2.75, 3.05) is 33.3 Å². The predicted octanol–water partition coefficient (Wildman–Crippen LogP) is 1.07. The van der Waals surface area contributed by atoms with Crippen LogP contribution in [0.5, 0.6) is 0 Å². The number of piperidine rings is 1. The number of nitrogens with zero attached hydrogens (tertiary/aromatic N) is 4. The number of likely N-dealkylation sites (tertiary alicyclic amines) is 1. The molecule has 1 aromatic rings. The summed E-state index contributed by atoms with van der Waals surface area (Å²) in [6.45, 7) is 6.11. The molecule has 1 aromatic heterocycles. The fourth-order valence-electron chi connectivity index (χ4n) is 3.41. The first-order chi connectivity index (χ1) is 12.1. The zero-order valence-corrected chi connectivity index (χ0v) is 15.0. The van der Waals surface area contributed by atoms with Crippen molar-refractivity contribution < 1.29 is 14.3 Å². The number of amides is 2. The molecule has 0 aromatic carbocycles. The molecule has 2 amide bonds. The number of rotatable bonds is 3. The molecule has 1 saturated heterocycles. The highest BCUT2D eigenvalue weighted by atomic mass is 16.6. The van der Waals surface area contributed by atoms with Crippen LogP contribution in [0.15, 0.2) is 6.07 Å². The molecule has 0 aliphatic carbocycles. The largest absolute Gasteiger partial charge is 0.450 e. The number of aryl methyl sites for hydroxylation is 1. The van der Waals surface area contributed by atoms with Gasteiger partial charge in [-0.1, -0.05) is 0 Å². The highest BCUT2D eigenvalue weighted by Gasteiger charge is 2.26. The van der Waals surface area contributed by atoms with E-state index in [2.05, 4.69) is 22.4 Å². The van der Waals surface area contributed by atoms with Crippen molar-refractivity contribution in [3.05, 3.63) is 17.5 Å². The second-order valence-electron chi connectivity index (χ2n) is 6.77. The summed E-state index contributed by atoms with van der Waals surface area (Å²) in [5, 5.41) is 7.53. The molecule has 3 rings (SSSR count). The molecule has 0 saturated carbocycles. The molecule has 0 spiro atoms. The van der Waals surface area contributed by atoms with E-state index in [9.17, 15) is 9.59 Å². The molecular weight excluding hydrogens is 322 g/mol. The second-order valence-corrected chi connectivity index (χ2v) is 6.77. The SMILES string of the molecule is CCOC(=O)N1CCC(NC(=O)c2cc3n(n2)CCCN(C)C3)CC1. The van der Waals surface area contributed by atoms with Crippen molar-refractivity contribution in [1.29, 1.82) is 0 Å². The van der Waals surface area contributed by atoms with Crippen molar-refractivity contribution in [3.8, 4) is 0 Å². The third-order valence-electron chi connectivity index (χ3n) is 4.79. The van der Waals surface area contributed by atoms with E-state index in [1.54, 1.807) is 11.8 Å². The second kappa shape index (κ2) is 7.86. The van der Waals surface area contributed by atoms with Gasteiger partial charge >= 0.3 is 6.09 Å². The fraction of sp³-hybridized carbons (Fsp3) is 0.706. The van der Waals surface area contributed by atoms with E-state index >= 15 is 0 Å². The van der Waals surface area contributed by atoms with Gasteiger partial charge in [0.05, 0.1) is 12.3 Å². The smallest absolute Gasteiger partial charge is 0.409 e. The van der Waals surface area contributed by atoms with E-state index in [0.717, 1.165) is 44.6 Å². The number of fused-ring (bicyclic) bond motifs is 1. The standard InChI is InChI=1S/C17H27N5O3/c1-3-25-17(24)21-9-5-13(6-10-21)18-16(23)15-11-14-12-20(2)7-4-8-22(14)19-15/h11,13H,3-10,12H2,1-2H3,(H,18,23). The van der Waals surface area contributed by atoms with Gasteiger partial charge in [0.25, 0.3) is 5.91 Å². The molecule has 0 unspecified atom stereocenters. The molecule has 3 heterocycles. The van der Waals surface area contributed by atoms with Gasteiger partial charge in [-0.15, -0.1) is 0 Å².